The molecule has 0 amide bonds. The summed E-state index contributed by atoms with van der Waals surface area (Å²) in [5.41, 5.74) is 2.86. The van der Waals surface area contributed by atoms with Crippen LogP contribution < -0.4 is 0 Å². The van der Waals surface area contributed by atoms with Crippen molar-refractivity contribution in [1.82, 2.24) is 4.98 Å². The molecule has 2 N–H and O–H groups in total. The van der Waals surface area contributed by atoms with E-state index < -0.39 is 0 Å². The average Bonchev–Trinajstić information content (AvgIpc) is 2.49. The smallest absolute Gasteiger partial charge is 0.142 e. The van der Waals surface area contributed by atoms with Crippen LogP contribution in [0.4, 0.5) is 0 Å². The zero-order valence-corrected chi connectivity index (χ0v) is 8.05. The van der Waals surface area contributed by atoms with Gasteiger partial charge in [-0.3, -0.25) is 0 Å². The molecule has 2 rings (SSSR count). The van der Waals surface area contributed by atoms with E-state index in [0.29, 0.717) is 11.1 Å². The van der Waals surface area contributed by atoms with E-state index in [1.165, 1.54) is 0 Å². The van der Waals surface area contributed by atoms with Gasteiger partial charge in [0.2, 0.25) is 0 Å². The Balaban J connectivity index is 2.96. The predicted molar refractivity (Wildman–Crippen MR) is 54.2 cm³/mol. The molecule has 2 aromatic rings. The van der Waals surface area contributed by atoms with Gasteiger partial charge in [0.15, 0.2) is 0 Å². The monoisotopic (exact) mass is 186 g/mol. The zero-order chi connectivity index (χ0) is 10.3. The Morgan fingerprint density at radius 2 is 2.07 bits per heavy atom. The number of rotatable bonds is 0. The second kappa shape index (κ2) is 2.78. The summed E-state index contributed by atoms with van der Waals surface area (Å²) in [6, 6.07) is 5.79. The molecule has 3 nitrogen and oxygen atoms in total. The van der Waals surface area contributed by atoms with Crippen LogP contribution in [0.25, 0.3) is 10.9 Å². The molecule has 0 aliphatic heterocycles. The van der Waals surface area contributed by atoms with Gasteiger partial charge in [0.05, 0.1) is 11.1 Å². The van der Waals surface area contributed by atoms with Crippen LogP contribution in [0.15, 0.2) is 12.1 Å². The van der Waals surface area contributed by atoms with Crippen molar-refractivity contribution in [3.05, 3.63) is 29.0 Å². The van der Waals surface area contributed by atoms with Crippen LogP contribution in [0.2, 0.25) is 0 Å². The number of hydrogen-bond acceptors (Lipinski definition) is 2. The quantitative estimate of drug-likeness (QED) is 0.663. The topological polar surface area (TPSA) is 59.8 Å². The maximum absolute atomic E-state index is 9.75. The third-order valence-electron chi connectivity index (χ3n) is 2.45. The van der Waals surface area contributed by atoms with E-state index in [-0.39, 0.29) is 5.75 Å². The fourth-order valence-electron chi connectivity index (χ4n) is 1.63. The zero-order valence-electron chi connectivity index (χ0n) is 8.05. The van der Waals surface area contributed by atoms with Crippen molar-refractivity contribution < 1.29 is 5.11 Å². The molecule has 1 aromatic heterocycles. The minimum absolute atomic E-state index is 0.229. The number of nitriles is 1. The molecule has 0 unspecified atom stereocenters. The van der Waals surface area contributed by atoms with Gasteiger partial charge in [-0.25, -0.2) is 0 Å². The van der Waals surface area contributed by atoms with Crippen molar-refractivity contribution in [1.29, 1.82) is 5.26 Å². The van der Waals surface area contributed by atoms with Crippen molar-refractivity contribution >= 4 is 10.9 Å². The van der Waals surface area contributed by atoms with Gasteiger partial charge in [0.25, 0.3) is 0 Å². The highest BCUT2D eigenvalue weighted by Crippen LogP contribution is 2.30. The Hall–Kier alpha value is -1.95. The molecule has 0 aliphatic carbocycles. The van der Waals surface area contributed by atoms with Crippen molar-refractivity contribution in [2.45, 2.75) is 13.8 Å². The van der Waals surface area contributed by atoms with Crippen LogP contribution in [0.1, 0.15) is 16.8 Å². The maximum Gasteiger partial charge on any atom is 0.142 e. The van der Waals surface area contributed by atoms with E-state index in [9.17, 15) is 5.11 Å². The van der Waals surface area contributed by atoms with Crippen LogP contribution >= 0.6 is 0 Å². The summed E-state index contributed by atoms with van der Waals surface area (Å²) in [5.74, 6) is 0.229. The number of nitrogens with zero attached hydrogens (tertiary/aromatic N) is 1. The number of aromatic nitrogens is 1. The molecular formula is C11H10N2O. The number of phenols is 1. The van der Waals surface area contributed by atoms with Crippen LogP contribution in [0.5, 0.6) is 5.75 Å². The Kier molecular flexibility index (Phi) is 1.71. The minimum atomic E-state index is 0.229. The molecule has 0 atom stereocenters. The van der Waals surface area contributed by atoms with Gasteiger partial charge in [-0.1, -0.05) is 12.1 Å². The molecule has 14 heavy (non-hydrogen) atoms. The molecule has 70 valence electrons. The predicted octanol–water partition coefficient (Wildman–Crippen LogP) is 2.36. The number of fused-ring (bicyclic) bond motifs is 1. The van der Waals surface area contributed by atoms with Crippen LogP contribution in [-0.2, 0) is 0 Å². The number of hydrogen-bond donors (Lipinski definition) is 2. The van der Waals surface area contributed by atoms with Crippen molar-refractivity contribution in [2.75, 3.05) is 0 Å². The first-order valence-electron chi connectivity index (χ1n) is 4.36. The van der Waals surface area contributed by atoms with Crippen LogP contribution in [-0.4, -0.2) is 10.1 Å². The van der Waals surface area contributed by atoms with Crippen LogP contribution in [0, 0.1) is 25.2 Å². The second-order valence-corrected chi connectivity index (χ2v) is 3.39. The molecule has 3 heteroatoms. The van der Waals surface area contributed by atoms with Gasteiger partial charge >= 0.3 is 0 Å². The Morgan fingerprint density at radius 3 is 2.71 bits per heavy atom. The second-order valence-electron chi connectivity index (χ2n) is 3.39. The molecule has 0 bridgehead atoms. The molecule has 0 spiro atoms. The summed E-state index contributed by atoms with van der Waals surface area (Å²) in [6.45, 7) is 3.66. The molecular weight excluding hydrogens is 176 g/mol. The third-order valence-corrected chi connectivity index (χ3v) is 2.45. The summed E-state index contributed by atoms with van der Waals surface area (Å²) >= 11 is 0. The number of phenolic OH excluding ortho intramolecular Hbond substituents is 1. The Bertz CT molecular complexity index is 546. The first-order valence-corrected chi connectivity index (χ1v) is 4.36. The SMILES string of the molecule is Cc1ccc2c(C#N)c(C)[nH]c2c1O. The molecule has 0 saturated heterocycles. The highest BCUT2D eigenvalue weighted by Gasteiger charge is 2.11. The molecule has 0 aliphatic rings. The van der Waals surface area contributed by atoms with Crippen LogP contribution in [0.3, 0.4) is 0 Å². The number of aromatic hydroxyl groups is 1. The summed E-state index contributed by atoms with van der Waals surface area (Å²) < 4.78 is 0. The molecule has 1 aromatic carbocycles. The van der Waals surface area contributed by atoms with E-state index in [1.807, 2.05) is 26.0 Å². The minimum Gasteiger partial charge on any atom is -0.505 e. The lowest BCUT2D eigenvalue weighted by Crippen LogP contribution is -1.76. The third kappa shape index (κ3) is 0.975. The number of benzene rings is 1. The normalized spacial score (nSPS) is 10.4. The number of aromatic amines is 1. The first kappa shape index (κ1) is 8.64. The van der Waals surface area contributed by atoms with E-state index in [0.717, 1.165) is 16.6 Å². The Labute approximate surface area is 81.6 Å². The van der Waals surface area contributed by atoms with Gasteiger partial charge in [-0.15, -0.1) is 0 Å². The molecule has 0 fully saturated rings. The molecule has 0 saturated carbocycles. The van der Waals surface area contributed by atoms with Gasteiger partial charge in [0.1, 0.15) is 11.8 Å². The molecule has 0 radical (unpaired) electrons. The highest BCUT2D eigenvalue weighted by molar-refractivity contribution is 5.92. The van der Waals surface area contributed by atoms with E-state index >= 15 is 0 Å². The first-order chi connectivity index (χ1) is 6.65. The lowest BCUT2D eigenvalue weighted by molar-refractivity contribution is 0.476. The van der Waals surface area contributed by atoms with Crippen molar-refractivity contribution in [2.24, 2.45) is 0 Å². The standard InChI is InChI=1S/C11H10N2O/c1-6-3-4-8-9(5-12)7(2)13-10(8)11(6)14/h3-4,13-14H,1-2H3. The fourth-order valence-corrected chi connectivity index (χ4v) is 1.63. The number of aryl methyl sites for hydroxylation is 2. The van der Waals surface area contributed by atoms with E-state index in [1.54, 1.807) is 0 Å². The fraction of sp³-hybridized carbons (Fsp3) is 0.182. The summed E-state index contributed by atoms with van der Waals surface area (Å²) in [4.78, 5) is 3.01. The van der Waals surface area contributed by atoms with Gasteiger partial charge in [-0.05, 0) is 19.4 Å². The van der Waals surface area contributed by atoms with E-state index in [2.05, 4.69) is 11.1 Å². The lowest BCUT2D eigenvalue weighted by Gasteiger charge is -1.98. The van der Waals surface area contributed by atoms with Gasteiger partial charge < -0.3 is 10.1 Å². The van der Waals surface area contributed by atoms with Gasteiger partial charge in [-0.2, -0.15) is 5.26 Å². The summed E-state index contributed by atoms with van der Waals surface area (Å²) in [5, 5.41) is 19.5. The van der Waals surface area contributed by atoms with Crippen molar-refractivity contribution in [3.63, 3.8) is 0 Å². The largest absolute Gasteiger partial charge is 0.505 e. The average molecular weight is 186 g/mol. The maximum atomic E-state index is 9.75. The van der Waals surface area contributed by atoms with E-state index in [4.69, 9.17) is 5.26 Å². The summed E-state index contributed by atoms with van der Waals surface area (Å²) in [6.07, 6.45) is 0. The van der Waals surface area contributed by atoms with Gasteiger partial charge in [0, 0.05) is 11.1 Å². The highest BCUT2D eigenvalue weighted by atomic mass is 16.3. The number of nitrogens with one attached hydrogen (secondary N) is 1. The molecule has 1 heterocycles. The number of H-pyrrole nitrogens is 1. The lowest BCUT2D eigenvalue weighted by atomic mass is 10.1. The summed E-state index contributed by atoms with van der Waals surface area (Å²) in [7, 11) is 0. The Morgan fingerprint density at radius 1 is 1.36 bits per heavy atom. The van der Waals surface area contributed by atoms with Crippen molar-refractivity contribution in [3.8, 4) is 11.8 Å².